The van der Waals surface area contributed by atoms with E-state index in [1.54, 1.807) is 19.5 Å². The molecule has 120 valence electrons. The van der Waals surface area contributed by atoms with Crippen LogP contribution in [0.15, 0.2) is 24.5 Å². The first-order valence-corrected chi connectivity index (χ1v) is 6.65. The Morgan fingerprint density at radius 1 is 1.43 bits per heavy atom. The maximum atomic E-state index is 12.5. The maximum absolute atomic E-state index is 12.5. The Morgan fingerprint density at radius 2 is 2.10 bits per heavy atom. The molecule has 0 saturated carbocycles. The van der Waals surface area contributed by atoms with E-state index in [2.05, 4.69) is 15.6 Å². The van der Waals surface area contributed by atoms with Crippen LogP contribution >= 0.6 is 24.8 Å². The van der Waals surface area contributed by atoms with Gasteiger partial charge in [0.2, 0.25) is 0 Å². The molecule has 1 aliphatic heterocycles. The van der Waals surface area contributed by atoms with E-state index >= 15 is 0 Å². The molecular formula is C14H23Cl2N3O2. The number of piperidine rings is 1. The van der Waals surface area contributed by atoms with Gasteiger partial charge in [-0.2, -0.15) is 0 Å². The first kappa shape index (κ1) is 20.1. The van der Waals surface area contributed by atoms with Crippen LogP contribution in [0.1, 0.15) is 31.4 Å². The summed E-state index contributed by atoms with van der Waals surface area (Å²) in [7, 11) is 1.61. The smallest absolute Gasteiger partial charge is 0.252 e. The topological polar surface area (TPSA) is 63.2 Å². The molecule has 1 atom stereocenters. The number of rotatable bonds is 4. The van der Waals surface area contributed by atoms with Gasteiger partial charge in [0.25, 0.3) is 5.91 Å². The van der Waals surface area contributed by atoms with Gasteiger partial charge < -0.3 is 15.4 Å². The molecule has 0 bridgehead atoms. The van der Waals surface area contributed by atoms with Crippen molar-refractivity contribution in [2.45, 2.75) is 31.4 Å². The molecule has 0 spiro atoms. The minimum Gasteiger partial charge on any atom is -0.368 e. The summed E-state index contributed by atoms with van der Waals surface area (Å²) in [5.74, 6) is -0.0344. The lowest BCUT2D eigenvalue weighted by atomic mass is 9.90. The van der Waals surface area contributed by atoms with Crippen molar-refractivity contribution in [2.75, 3.05) is 20.2 Å². The number of halogens is 2. The van der Waals surface area contributed by atoms with Crippen LogP contribution in [-0.4, -0.2) is 36.7 Å². The quantitative estimate of drug-likeness (QED) is 0.881. The van der Waals surface area contributed by atoms with Gasteiger partial charge in [-0.05, 0) is 44.5 Å². The molecule has 0 radical (unpaired) electrons. The third kappa shape index (κ3) is 4.81. The minimum absolute atomic E-state index is 0. The monoisotopic (exact) mass is 335 g/mol. The summed E-state index contributed by atoms with van der Waals surface area (Å²) in [4.78, 5) is 16.5. The van der Waals surface area contributed by atoms with Crippen LogP contribution in [0.2, 0.25) is 0 Å². The predicted octanol–water partition coefficient (Wildman–Crippen LogP) is 1.87. The molecule has 2 heterocycles. The number of nitrogens with one attached hydrogen (secondary N) is 2. The normalized spacial score (nSPS) is 17.8. The van der Waals surface area contributed by atoms with Gasteiger partial charge in [-0.25, -0.2) is 0 Å². The van der Waals surface area contributed by atoms with Crippen molar-refractivity contribution < 1.29 is 9.53 Å². The molecule has 1 aromatic rings. The highest BCUT2D eigenvalue weighted by Crippen LogP contribution is 2.24. The van der Waals surface area contributed by atoms with Crippen LogP contribution in [0.3, 0.4) is 0 Å². The zero-order chi connectivity index (χ0) is 13.7. The lowest BCUT2D eigenvalue weighted by Gasteiger charge is -2.35. The van der Waals surface area contributed by atoms with Crippen LogP contribution < -0.4 is 10.6 Å². The van der Waals surface area contributed by atoms with Crippen molar-refractivity contribution in [1.82, 2.24) is 15.6 Å². The van der Waals surface area contributed by atoms with E-state index in [1.165, 1.54) is 0 Å². The fourth-order valence-electron chi connectivity index (χ4n) is 2.40. The molecule has 1 aliphatic rings. The SMILES string of the molecule is COC1(C(=O)N[C@@H](C)c2cccnc2)CCNCC1.Cl.Cl. The summed E-state index contributed by atoms with van der Waals surface area (Å²) in [5, 5.41) is 6.27. The molecule has 2 N–H and O–H groups in total. The van der Waals surface area contributed by atoms with E-state index in [0.29, 0.717) is 12.8 Å². The zero-order valence-electron chi connectivity index (χ0n) is 12.3. The predicted molar refractivity (Wildman–Crippen MR) is 87.1 cm³/mol. The molecule has 0 aliphatic carbocycles. The average molecular weight is 336 g/mol. The third-order valence-electron chi connectivity index (χ3n) is 3.75. The summed E-state index contributed by atoms with van der Waals surface area (Å²) in [6, 6.07) is 3.76. The molecule has 1 aromatic heterocycles. The molecule has 1 saturated heterocycles. The molecule has 2 rings (SSSR count). The Hall–Kier alpha value is -0.880. The Balaban J connectivity index is 0.00000200. The summed E-state index contributed by atoms with van der Waals surface area (Å²) < 4.78 is 5.51. The zero-order valence-corrected chi connectivity index (χ0v) is 13.9. The molecular weight excluding hydrogens is 313 g/mol. The number of carbonyl (C=O) groups is 1. The van der Waals surface area contributed by atoms with Gasteiger partial charge in [0.05, 0.1) is 6.04 Å². The second-order valence-corrected chi connectivity index (χ2v) is 4.93. The Morgan fingerprint density at radius 3 is 2.62 bits per heavy atom. The molecule has 0 unspecified atom stereocenters. The highest BCUT2D eigenvalue weighted by atomic mass is 35.5. The minimum atomic E-state index is -0.693. The number of aromatic nitrogens is 1. The Kier molecular flexibility index (Phi) is 8.82. The van der Waals surface area contributed by atoms with Crippen LogP contribution in [-0.2, 0) is 9.53 Å². The summed E-state index contributed by atoms with van der Waals surface area (Å²) >= 11 is 0. The fourth-order valence-corrected chi connectivity index (χ4v) is 2.40. The number of methoxy groups -OCH3 is 1. The highest BCUT2D eigenvalue weighted by Gasteiger charge is 2.40. The van der Waals surface area contributed by atoms with Crippen molar-refractivity contribution >= 4 is 30.7 Å². The van der Waals surface area contributed by atoms with Crippen molar-refractivity contribution in [3.8, 4) is 0 Å². The van der Waals surface area contributed by atoms with Gasteiger partial charge in [-0.3, -0.25) is 9.78 Å². The van der Waals surface area contributed by atoms with Crippen LogP contribution in [0.25, 0.3) is 0 Å². The first-order chi connectivity index (χ1) is 9.18. The molecule has 21 heavy (non-hydrogen) atoms. The van der Waals surface area contributed by atoms with Crippen molar-refractivity contribution in [2.24, 2.45) is 0 Å². The van der Waals surface area contributed by atoms with Crippen LogP contribution in [0, 0.1) is 0 Å². The van der Waals surface area contributed by atoms with Gasteiger partial charge >= 0.3 is 0 Å². The molecule has 1 fully saturated rings. The summed E-state index contributed by atoms with van der Waals surface area (Å²) in [5.41, 5.74) is 0.304. The number of pyridine rings is 1. The van der Waals surface area contributed by atoms with Gasteiger partial charge in [-0.1, -0.05) is 6.07 Å². The van der Waals surface area contributed by atoms with Crippen LogP contribution in [0.4, 0.5) is 0 Å². The van der Waals surface area contributed by atoms with E-state index in [0.717, 1.165) is 18.7 Å². The highest BCUT2D eigenvalue weighted by molar-refractivity contribution is 5.86. The number of ether oxygens (including phenoxy) is 1. The average Bonchev–Trinajstić information content (AvgIpc) is 2.48. The second kappa shape index (κ2) is 9.20. The Bertz CT molecular complexity index is 425. The maximum Gasteiger partial charge on any atom is 0.252 e. The molecule has 7 heteroatoms. The number of hydrogen-bond donors (Lipinski definition) is 2. The van der Waals surface area contributed by atoms with Crippen molar-refractivity contribution in [3.63, 3.8) is 0 Å². The van der Waals surface area contributed by atoms with Gasteiger partial charge in [0.15, 0.2) is 0 Å². The number of carbonyl (C=O) groups excluding carboxylic acids is 1. The second-order valence-electron chi connectivity index (χ2n) is 4.93. The van der Waals surface area contributed by atoms with E-state index < -0.39 is 5.60 Å². The third-order valence-corrected chi connectivity index (χ3v) is 3.75. The first-order valence-electron chi connectivity index (χ1n) is 6.65. The lowest BCUT2D eigenvalue weighted by molar-refractivity contribution is -0.147. The van der Waals surface area contributed by atoms with Crippen molar-refractivity contribution in [3.05, 3.63) is 30.1 Å². The van der Waals surface area contributed by atoms with E-state index in [9.17, 15) is 4.79 Å². The number of nitrogens with zero attached hydrogens (tertiary/aromatic N) is 1. The standard InChI is InChI=1S/C14H21N3O2.2ClH/c1-11(12-4-3-7-16-10-12)17-13(18)14(19-2)5-8-15-9-6-14;;/h3-4,7,10-11,15H,5-6,8-9H2,1-2H3,(H,17,18);2*1H/t11-;;/m0../s1. The van der Waals surface area contributed by atoms with Gasteiger partial charge in [0, 0.05) is 19.5 Å². The van der Waals surface area contributed by atoms with E-state index in [1.807, 2.05) is 19.1 Å². The van der Waals surface area contributed by atoms with Crippen LogP contribution in [0.5, 0.6) is 0 Å². The molecule has 0 aromatic carbocycles. The molecule has 1 amide bonds. The number of hydrogen-bond acceptors (Lipinski definition) is 4. The van der Waals surface area contributed by atoms with Gasteiger partial charge in [0.1, 0.15) is 5.60 Å². The fraction of sp³-hybridized carbons (Fsp3) is 0.571. The summed E-state index contributed by atoms with van der Waals surface area (Å²) in [6.07, 6.45) is 4.90. The molecule has 5 nitrogen and oxygen atoms in total. The Labute approximate surface area is 138 Å². The largest absolute Gasteiger partial charge is 0.368 e. The number of amides is 1. The van der Waals surface area contributed by atoms with E-state index in [4.69, 9.17) is 4.74 Å². The summed E-state index contributed by atoms with van der Waals surface area (Å²) in [6.45, 7) is 3.57. The van der Waals surface area contributed by atoms with E-state index in [-0.39, 0.29) is 36.8 Å². The van der Waals surface area contributed by atoms with Gasteiger partial charge in [-0.15, -0.1) is 24.8 Å². The van der Waals surface area contributed by atoms with Crippen molar-refractivity contribution in [1.29, 1.82) is 0 Å². The lowest BCUT2D eigenvalue weighted by Crippen LogP contribution is -2.54.